The first-order valence-corrected chi connectivity index (χ1v) is 12.4. The Morgan fingerprint density at radius 1 is 1.00 bits per heavy atom. The number of carbonyl (C=O) groups is 3. The van der Waals surface area contributed by atoms with Crippen LogP contribution in [0.5, 0.6) is 0 Å². The van der Waals surface area contributed by atoms with Crippen molar-refractivity contribution in [3.8, 4) is 0 Å². The molecule has 1 amide bonds. The van der Waals surface area contributed by atoms with Crippen LogP contribution in [0.15, 0.2) is 12.2 Å². The zero-order valence-electron chi connectivity index (χ0n) is 19.3. The van der Waals surface area contributed by atoms with E-state index in [1.54, 1.807) is 21.6 Å². The van der Waals surface area contributed by atoms with Gasteiger partial charge in [0.25, 0.3) is 0 Å². The molecule has 168 valence electrons. The van der Waals surface area contributed by atoms with E-state index in [4.69, 9.17) is 4.74 Å². The summed E-state index contributed by atoms with van der Waals surface area (Å²) in [4.78, 5) is 35.7. The summed E-state index contributed by atoms with van der Waals surface area (Å²) >= 11 is 0. The van der Waals surface area contributed by atoms with Gasteiger partial charge in [-0.1, -0.05) is 54.5 Å². The first kappa shape index (κ1) is 28.1. The van der Waals surface area contributed by atoms with Crippen molar-refractivity contribution in [3.63, 3.8) is 0 Å². The molecule has 1 N–H and O–H groups in total. The quantitative estimate of drug-likeness (QED) is 0.225. The van der Waals surface area contributed by atoms with Crippen LogP contribution in [0.1, 0.15) is 74.7 Å². The maximum Gasteiger partial charge on any atom is 0.308 e. The van der Waals surface area contributed by atoms with E-state index in [9.17, 15) is 14.4 Å². The van der Waals surface area contributed by atoms with Gasteiger partial charge in [0.1, 0.15) is 12.4 Å². The second kappa shape index (κ2) is 13.4. The Morgan fingerprint density at radius 3 is 2.14 bits per heavy atom. The molecule has 0 saturated carbocycles. The van der Waals surface area contributed by atoms with Crippen LogP contribution in [-0.2, 0) is 19.1 Å². The van der Waals surface area contributed by atoms with Gasteiger partial charge in [-0.25, -0.2) is 0 Å². The molecule has 0 aliphatic rings. The molecule has 0 spiro atoms. The van der Waals surface area contributed by atoms with Gasteiger partial charge in [-0.2, -0.15) is 0 Å². The average molecular weight is 446 g/mol. The number of esters is 1. The molecule has 0 bridgehead atoms. The summed E-state index contributed by atoms with van der Waals surface area (Å²) < 4.78 is 5.05. The highest BCUT2D eigenvalue weighted by Crippen LogP contribution is 2.45. The highest BCUT2D eigenvalue weighted by atomic mass is 33.1. The van der Waals surface area contributed by atoms with Gasteiger partial charge in [0.2, 0.25) is 5.91 Å². The van der Waals surface area contributed by atoms with Crippen LogP contribution in [0.4, 0.5) is 0 Å². The Kier molecular flexibility index (Phi) is 12.9. The number of rotatable bonds is 14. The summed E-state index contributed by atoms with van der Waals surface area (Å²) in [6.45, 7) is 16.5. The monoisotopic (exact) mass is 445 g/mol. The fourth-order valence-corrected chi connectivity index (χ4v) is 4.65. The summed E-state index contributed by atoms with van der Waals surface area (Å²) in [5, 5.41) is 2.84. The van der Waals surface area contributed by atoms with E-state index >= 15 is 0 Å². The lowest BCUT2D eigenvalue weighted by molar-refractivity contribution is -0.147. The van der Waals surface area contributed by atoms with Crippen molar-refractivity contribution < 1.29 is 19.1 Å². The smallest absolute Gasteiger partial charge is 0.308 e. The van der Waals surface area contributed by atoms with Crippen molar-refractivity contribution in [2.45, 2.75) is 84.1 Å². The van der Waals surface area contributed by atoms with Gasteiger partial charge in [0.15, 0.2) is 0 Å². The van der Waals surface area contributed by atoms with Crippen molar-refractivity contribution in [3.05, 3.63) is 12.2 Å². The average Bonchev–Trinajstić information content (AvgIpc) is 2.63. The Morgan fingerprint density at radius 2 is 1.59 bits per heavy atom. The standard InChI is InChI=1S/C22H39NO4S2/c1-9-10-17(4)18(24)12-14-23-19(25)11-13-21(5,6)28-29-22(7,8)15-27-20(26)16(2)3/h9-10,16-17H,11-15H2,1-8H3,(H,23,25). The summed E-state index contributed by atoms with van der Waals surface area (Å²) in [6, 6.07) is 0. The van der Waals surface area contributed by atoms with Crippen molar-refractivity contribution in [1.82, 2.24) is 5.32 Å². The van der Waals surface area contributed by atoms with Gasteiger partial charge in [-0.3, -0.25) is 14.4 Å². The highest BCUT2D eigenvalue weighted by Gasteiger charge is 2.28. The van der Waals surface area contributed by atoms with E-state index in [2.05, 4.69) is 19.2 Å². The van der Waals surface area contributed by atoms with Crippen molar-refractivity contribution >= 4 is 39.2 Å². The summed E-state index contributed by atoms with van der Waals surface area (Å²) in [5.74, 6) is -0.304. The Bertz CT molecular complexity index is 571. The zero-order chi connectivity index (χ0) is 22.7. The predicted molar refractivity (Wildman–Crippen MR) is 125 cm³/mol. The fraction of sp³-hybridized carbons (Fsp3) is 0.773. The SMILES string of the molecule is CC=CC(C)C(=O)CCNC(=O)CCC(C)(C)SSC(C)(C)COC(=O)C(C)C. The minimum Gasteiger partial charge on any atom is -0.464 e. The number of ether oxygens (including phenoxy) is 1. The maximum atomic E-state index is 12.1. The molecule has 0 rings (SSSR count). The van der Waals surface area contributed by atoms with E-state index < -0.39 is 0 Å². The molecule has 0 heterocycles. The molecular weight excluding hydrogens is 406 g/mol. The molecule has 0 aromatic heterocycles. The number of amides is 1. The van der Waals surface area contributed by atoms with Crippen LogP contribution in [0.25, 0.3) is 0 Å². The molecule has 1 unspecified atom stereocenters. The van der Waals surface area contributed by atoms with Crippen molar-refractivity contribution in [1.29, 1.82) is 0 Å². The minimum atomic E-state index is -0.210. The number of Topliss-reactive ketones (excluding diaryl/α,β-unsaturated/α-hetero) is 1. The van der Waals surface area contributed by atoms with Crippen molar-refractivity contribution in [2.24, 2.45) is 11.8 Å². The lowest BCUT2D eigenvalue weighted by atomic mass is 10.0. The molecule has 0 aromatic rings. The second-order valence-corrected chi connectivity index (χ2v) is 12.4. The number of nitrogens with one attached hydrogen (secondary N) is 1. The van der Waals surface area contributed by atoms with Gasteiger partial charge < -0.3 is 10.1 Å². The first-order valence-electron chi connectivity index (χ1n) is 10.3. The van der Waals surface area contributed by atoms with Crippen LogP contribution in [0.2, 0.25) is 0 Å². The lowest BCUT2D eigenvalue weighted by Crippen LogP contribution is -2.29. The van der Waals surface area contributed by atoms with Crippen LogP contribution < -0.4 is 5.32 Å². The second-order valence-electron chi connectivity index (χ2n) is 8.83. The topological polar surface area (TPSA) is 72.5 Å². The van der Waals surface area contributed by atoms with Gasteiger partial charge in [0, 0.05) is 30.1 Å². The highest BCUT2D eigenvalue weighted by molar-refractivity contribution is 8.77. The summed E-state index contributed by atoms with van der Waals surface area (Å²) in [6.07, 6.45) is 5.24. The molecule has 1 atom stereocenters. The Labute approximate surface area is 185 Å². The predicted octanol–water partition coefficient (Wildman–Crippen LogP) is 5.19. The molecule has 5 nitrogen and oxygen atoms in total. The molecule has 29 heavy (non-hydrogen) atoms. The molecule has 0 aromatic carbocycles. The number of hydrogen-bond acceptors (Lipinski definition) is 6. The Balaban J connectivity index is 4.22. The summed E-state index contributed by atoms with van der Waals surface area (Å²) in [5.41, 5.74) is 0. The third kappa shape index (κ3) is 13.8. The van der Waals surface area contributed by atoms with Crippen LogP contribution >= 0.6 is 21.6 Å². The van der Waals surface area contributed by atoms with Gasteiger partial charge in [-0.15, -0.1) is 0 Å². The molecule has 0 aliphatic heterocycles. The maximum absolute atomic E-state index is 12.1. The molecule has 7 heteroatoms. The number of hydrogen-bond donors (Lipinski definition) is 1. The normalized spacial score (nSPS) is 13.6. The van der Waals surface area contributed by atoms with E-state index in [0.29, 0.717) is 26.0 Å². The molecule has 0 fully saturated rings. The molecule has 0 saturated heterocycles. The van der Waals surface area contributed by atoms with Crippen molar-refractivity contribution in [2.75, 3.05) is 13.2 Å². The van der Waals surface area contributed by atoms with E-state index in [0.717, 1.165) is 6.42 Å². The molecule has 0 aliphatic carbocycles. The Hall–Kier alpha value is -0.950. The van der Waals surface area contributed by atoms with Crippen LogP contribution in [-0.4, -0.2) is 40.3 Å². The summed E-state index contributed by atoms with van der Waals surface area (Å²) in [7, 11) is 3.39. The fourth-order valence-electron chi connectivity index (χ4n) is 2.15. The van der Waals surface area contributed by atoms with Crippen LogP contribution in [0.3, 0.4) is 0 Å². The molecule has 0 radical (unpaired) electrons. The van der Waals surface area contributed by atoms with Gasteiger partial charge in [0.05, 0.1) is 10.7 Å². The third-order valence-corrected chi connectivity index (χ3v) is 8.43. The van der Waals surface area contributed by atoms with Gasteiger partial charge in [-0.05, 0) is 41.0 Å². The third-order valence-electron chi connectivity index (χ3n) is 4.16. The lowest BCUT2D eigenvalue weighted by Gasteiger charge is -2.29. The molecular formula is C22H39NO4S2. The first-order chi connectivity index (χ1) is 13.3. The zero-order valence-corrected chi connectivity index (χ0v) is 20.9. The van der Waals surface area contributed by atoms with Gasteiger partial charge >= 0.3 is 5.97 Å². The van der Waals surface area contributed by atoms with E-state index in [-0.39, 0.29) is 39.0 Å². The number of allylic oxidation sites excluding steroid dienone is 2. The van der Waals surface area contributed by atoms with Crippen LogP contribution in [0, 0.1) is 11.8 Å². The number of carbonyl (C=O) groups excluding carboxylic acids is 3. The van der Waals surface area contributed by atoms with E-state index in [1.165, 1.54) is 0 Å². The van der Waals surface area contributed by atoms with E-state index in [1.807, 2.05) is 53.7 Å². The number of ketones is 1. The minimum absolute atomic E-state index is 0.0275. The largest absolute Gasteiger partial charge is 0.464 e.